The number of hydrogen-bond donors (Lipinski definition) is 2. The van der Waals surface area contributed by atoms with E-state index in [0.717, 1.165) is 41.4 Å². The number of benzene rings is 1. The van der Waals surface area contributed by atoms with Crippen LogP contribution < -0.4 is 5.73 Å². The molecule has 0 bridgehead atoms. The Labute approximate surface area is 94.7 Å². The molecule has 1 heterocycles. The summed E-state index contributed by atoms with van der Waals surface area (Å²) in [7, 11) is 0. The molecule has 0 saturated carbocycles. The van der Waals surface area contributed by atoms with E-state index >= 15 is 0 Å². The van der Waals surface area contributed by atoms with Gasteiger partial charge in [-0.3, -0.25) is 0 Å². The molecule has 0 aliphatic rings. The smallest absolute Gasteiger partial charge is 0.127 e. The van der Waals surface area contributed by atoms with E-state index in [1.807, 2.05) is 19.1 Å². The predicted molar refractivity (Wildman–Crippen MR) is 65.0 cm³/mol. The van der Waals surface area contributed by atoms with Gasteiger partial charge in [0.15, 0.2) is 0 Å². The molecule has 1 aromatic carbocycles. The lowest BCUT2D eigenvalue weighted by atomic mass is 10.1. The van der Waals surface area contributed by atoms with Crippen molar-refractivity contribution in [3.05, 3.63) is 35.3 Å². The number of nitrogens with one attached hydrogen (secondary N) is 1. The van der Waals surface area contributed by atoms with Crippen LogP contribution in [0.25, 0.3) is 10.9 Å². The van der Waals surface area contributed by atoms with E-state index in [0.29, 0.717) is 6.54 Å². The molecule has 3 N–H and O–H groups in total. The van der Waals surface area contributed by atoms with Crippen LogP contribution in [0.1, 0.15) is 24.1 Å². The third-order valence-corrected chi connectivity index (χ3v) is 2.82. The Kier molecular flexibility index (Phi) is 3.25. The van der Waals surface area contributed by atoms with Gasteiger partial charge in [0, 0.05) is 16.6 Å². The van der Waals surface area contributed by atoms with E-state index < -0.39 is 0 Å². The number of aromatic amines is 1. The predicted octanol–water partition coefficient (Wildman–Crippen LogP) is 2.90. The first kappa shape index (κ1) is 11.1. The molecule has 1 aromatic heterocycles. The van der Waals surface area contributed by atoms with Crippen LogP contribution in [-0.4, -0.2) is 11.5 Å². The van der Waals surface area contributed by atoms with Crippen molar-refractivity contribution in [3.63, 3.8) is 0 Å². The minimum atomic E-state index is -0.108. The zero-order chi connectivity index (χ0) is 11.5. The van der Waals surface area contributed by atoms with Crippen LogP contribution in [0.5, 0.6) is 0 Å². The molecular weight excluding hydrogens is 203 g/mol. The summed E-state index contributed by atoms with van der Waals surface area (Å²) in [5, 5.41) is 0.942. The first-order chi connectivity index (χ1) is 7.70. The van der Waals surface area contributed by atoms with E-state index in [1.54, 1.807) is 6.07 Å². The summed E-state index contributed by atoms with van der Waals surface area (Å²) >= 11 is 0. The number of nitrogens with two attached hydrogens (primary N) is 1. The third kappa shape index (κ3) is 2.25. The second-order valence-corrected chi connectivity index (χ2v) is 4.23. The summed E-state index contributed by atoms with van der Waals surface area (Å²) in [4.78, 5) is 3.23. The molecule has 0 radical (unpaired) electrons. The molecule has 3 heteroatoms. The van der Waals surface area contributed by atoms with Gasteiger partial charge < -0.3 is 10.7 Å². The minimum Gasteiger partial charge on any atom is -0.359 e. The quantitative estimate of drug-likeness (QED) is 0.764. The Morgan fingerprint density at radius 3 is 2.81 bits per heavy atom. The van der Waals surface area contributed by atoms with Crippen LogP contribution in [0, 0.1) is 12.7 Å². The second-order valence-electron chi connectivity index (χ2n) is 4.23. The lowest BCUT2D eigenvalue weighted by Gasteiger charge is -2.03. The van der Waals surface area contributed by atoms with Crippen molar-refractivity contribution in [3.8, 4) is 0 Å². The van der Waals surface area contributed by atoms with Gasteiger partial charge in [0.05, 0.1) is 0 Å². The topological polar surface area (TPSA) is 41.8 Å². The van der Waals surface area contributed by atoms with Crippen LogP contribution in [0.2, 0.25) is 0 Å². The average molecular weight is 220 g/mol. The van der Waals surface area contributed by atoms with Crippen LogP contribution in [0.15, 0.2) is 18.2 Å². The highest BCUT2D eigenvalue weighted by Crippen LogP contribution is 2.21. The molecule has 0 fully saturated rings. The molecule has 16 heavy (non-hydrogen) atoms. The lowest BCUT2D eigenvalue weighted by molar-refractivity contribution is 0.603. The third-order valence-electron chi connectivity index (χ3n) is 2.82. The first-order valence-electron chi connectivity index (χ1n) is 5.68. The van der Waals surface area contributed by atoms with E-state index in [-0.39, 0.29) is 5.82 Å². The molecule has 0 unspecified atom stereocenters. The largest absolute Gasteiger partial charge is 0.359 e. The molecule has 0 atom stereocenters. The number of hydrogen-bond acceptors (Lipinski definition) is 1. The first-order valence-corrected chi connectivity index (χ1v) is 5.68. The van der Waals surface area contributed by atoms with E-state index in [1.165, 1.54) is 0 Å². The fourth-order valence-corrected chi connectivity index (χ4v) is 1.99. The zero-order valence-electron chi connectivity index (χ0n) is 9.52. The van der Waals surface area contributed by atoms with Gasteiger partial charge in [-0.2, -0.15) is 0 Å². The Morgan fingerprint density at radius 2 is 2.06 bits per heavy atom. The molecule has 0 saturated heterocycles. The molecule has 0 aliphatic carbocycles. The summed E-state index contributed by atoms with van der Waals surface area (Å²) in [5.74, 6) is -0.108. The average Bonchev–Trinajstić information content (AvgIpc) is 2.58. The van der Waals surface area contributed by atoms with Crippen molar-refractivity contribution in [2.45, 2.75) is 26.2 Å². The van der Waals surface area contributed by atoms with Gasteiger partial charge in [-0.05, 0) is 56.5 Å². The van der Waals surface area contributed by atoms with Crippen molar-refractivity contribution >= 4 is 10.9 Å². The maximum Gasteiger partial charge on any atom is 0.127 e. The van der Waals surface area contributed by atoms with Crippen molar-refractivity contribution in [2.75, 3.05) is 6.54 Å². The van der Waals surface area contributed by atoms with Gasteiger partial charge in [0.2, 0.25) is 0 Å². The van der Waals surface area contributed by atoms with Crippen LogP contribution in [-0.2, 0) is 6.42 Å². The molecule has 0 spiro atoms. The molecule has 86 valence electrons. The molecule has 2 rings (SSSR count). The Bertz CT molecular complexity index is 488. The van der Waals surface area contributed by atoms with Crippen molar-refractivity contribution in [1.82, 2.24) is 4.98 Å². The lowest BCUT2D eigenvalue weighted by Crippen LogP contribution is -1.99. The van der Waals surface area contributed by atoms with Gasteiger partial charge >= 0.3 is 0 Å². The number of unbranched alkanes of at least 4 members (excludes halogenated alkanes) is 1. The van der Waals surface area contributed by atoms with Crippen LogP contribution >= 0.6 is 0 Å². The standard InChI is InChI=1S/C13H17FN2/c1-9-6-11-7-12(14)10(4-2-3-5-15)8-13(11)16-9/h6-8,16H,2-5,15H2,1H3. The van der Waals surface area contributed by atoms with Gasteiger partial charge in [0.25, 0.3) is 0 Å². The monoisotopic (exact) mass is 220 g/mol. The van der Waals surface area contributed by atoms with Crippen LogP contribution in [0.4, 0.5) is 4.39 Å². The van der Waals surface area contributed by atoms with Gasteiger partial charge in [-0.15, -0.1) is 0 Å². The molecule has 2 aromatic rings. The highest BCUT2D eigenvalue weighted by molar-refractivity contribution is 5.81. The fraction of sp³-hybridized carbons (Fsp3) is 0.385. The van der Waals surface area contributed by atoms with E-state index in [2.05, 4.69) is 4.98 Å². The summed E-state index contributed by atoms with van der Waals surface area (Å²) in [6.45, 7) is 2.65. The number of aromatic nitrogens is 1. The van der Waals surface area contributed by atoms with E-state index in [4.69, 9.17) is 5.73 Å². The normalized spacial score (nSPS) is 11.2. The van der Waals surface area contributed by atoms with Crippen molar-refractivity contribution in [2.24, 2.45) is 5.73 Å². The highest BCUT2D eigenvalue weighted by atomic mass is 19.1. The van der Waals surface area contributed by atoms with E-state index in [9.17, 15) is 4.39 Å². The highest BCUT2D eigenvalue weighted by Gasteiger charge is 2.06. The Morgan fingerprint density at radius 1 is 1.25 bits per heavy atom. The van der Waals surface area contributed by atoms with Crippen molar-refractivity contribution in [1.29, 1.82) is 0 Å². The second kappa shape index (κ2) is 4.66. The Balaban J connectivity index is 2.27. The fourth-order valence-electron chi connectivity index (χ4n) is 1.99. The summed E-state index contributed by atoms with van der Waals surface area (Å²) in [5.41, 5.74) is 8.28. The molecular formula is C13H17FN2. The van der Waals surface area contributed by atoms with Gasteiger partial charge in [-0.1, -0.05) is 0 Å². The van der Waals surface area contributed by atoms with Crippen LogP contribution in [0.3, 0.4) is 0 Å². The minimum absolute atomic E-state index is 0.108. The Hall–Kier alpha value is -1.35. The SMILES string of the molecule is Cc1cc2cc(F)c(CCCCN)cc2[nH]1. The summed E-state index contributed by atoms with van der Waals surface area (Å²) < 4.78 is 13.7. The number of H-pyrrole nitrogens is 1. The number of aryl methyl sites for hydroxylation is 2. The zero-order valence-corrected chi connectivity index (χ0v) is 9.52. The molecule has 0 aliphatic heterocycles. The van der Waals surface area contributed by atoms with Crippen molar-refractivity contribution < 1.29 is 4.39 Å². The van der Waals surface area contributed by atoms with Gasteiger partial charge in [0.1, 0.15) is 5.82 Å². The molecule has 2 nitrogen and oxygen atoms in total. The maximum absolute atomic E-state index is 13.7. The summed E-state index contributed by atoms with van der Waals surface area (Å²) in [6.07, 6.45) is 2.65. The number of halogens is 1. The maximum atomic E-state index is 13.7. The number of rotatable bonds is 4. The molecule has 0 amide bonds. The number of fused-ring (bicyclic) bond motifs is 1. The van der Waals surface area contributed by atoms with Gasteiger partial charge in [-0.25, -0.2) is 4.39 Å². The summed E-state index contributed by atoms with van der Waals surface area (Å²) in [6, 6.07) is 5.48.